The zero-order valence-electron chi connectivity index (χ0n) is 16.1. The normalized spacial score (nSPS) is 15.0. The van der Waals surface area contributed by atoms with E-state index >= 15 is 0 Å². The van der Waals surface area contributed by atoms with Crippen molar-refractivity contribution in [3.63, 3.8) is 0 Å². The van der Waals surface area contributed by atoms with E-state index in [0.29, 0.717) is 18.7 Å². The highest BCUT2D eigenvalue weighted by atomic mass is 32.2. The van der Waals surface area contributed by atoms with Crippen LogP contribution in [-0.2, 0) is 16.4 Å². The van der Waals surface area contributed by atoms with E-state index in [2.05, 4.69) is 33.9 Å². The van der Waals surface area contributed by atoms with Crippen molar-refractivity contribution < 1.29 is 13.2 Å². The molecule has 1 saturated heterocycles. The van der Waals surface area contributed by atoms with Crippen LogP contribution < -0.4 is 14.4 Å². The van der Waals surface area contributed by atoms with Crippen LogP contribution in [0, 0.1) is 6.92 Å². The third kappa shape index (κ3) is 5.02. The van der Waals surface area contributed by atoms with Crippen molar-refractivity contribution in [3.05, 3.63) is 53.6 Å². The SMILES string of the molecule is COc1ccc(C)cc1S(=O)(=O)NCCc1ccc(N2CCCCC2)cc1. The van der Waals surface area contributed by atoms with Crippen molar-refractivity contribution in [1.82, 2.24) is 4.72 Å². The van der Waals surface area contributed by atoms with Gasteiger partial charge in [0.05, 0.1) is 7.11 Å². The molecule has 2 aromatic carbocycles. The molecular weight excluding hydrogens is 360 g/mol. The molecule has 146 valence electrons. The second kappa shape index (κ2) is 8.76. The minimum absolute atomic E-state index is 0.186. The van der Waals surface area contributed by atoms with Gasteiger partial charge in [-0.05, 0) is 68.0 Å². The van der Waals surface area contributed by atoms with Crippen LogP contribution in [0.5, 0.6) is 5.75 Å². The van der Waals surface area contributed by atoms with Gasteiger partial charge in [0.2, 0.25) is 10.0 Å². The molecule has 0 amide bonds. The van der Waals surface area contributed by atoms with Gasteiger partial charge in [-0.3, -0.25) is 0 Å². The Bertz CT molecular complexity index is 857. The fourth-order valence-electron chi connectivity index (χ4n) is 3.43. The first-order valence-electron chi connectivity index (χ1n) is 9.48. The lowest BCUT2D eigenvalue weighted by Gasteiger charge is -2.28. The summed E-state index contributed by atoms with van der Waals surface area (Å²) in [7, 11) is -2.12. The number of nitrogens with zero attached hydrogens (tertiary/aromatic N) is 1. The van der Waals surface area contributed by atoms with E-state index in [1.54, 1.807) is 12.1 Å². The number of nitrogens with one attached hydrogen (secondary N) is 1. The highest BCUT2D eigenvalue weighted by Crippen LogP contribution is 2.24. The van der Waals surface area contributed by atoms with Gasteiger partial charge in [0.1, 0.15) is 10.6 Å². The van der Waals surface area contributed by atoms with E-state index in [1.165, 1.54) is 32.1 Å². The number of benzene rings is 2. The van der Waals surface area contributed by atoms with Crippen LogP contribution in [0.3, 0.4) is 0 Å². The molecule has 0 aromatic heterocycles. The Balaban J connectivity index is 1.59. The number of piperidine rings is 1. The van der Waals surface area contributed by atoms with Crippen molar-refractivity contribution in [1.29, 1.82) is 0 Å². The maximum Gasteiger partial charge on any atom is 0.244 e. The van der Waals surface area contributed by atoms with E-state index < -0.39 is 10.0 Å². The van der Waals surface area contributed by atoms with E-state index in [-0.39, 0.29) is 4.90 Å². The van der Waals surface area contributed by atoms with Crippen molar-refractivity contribution >= 4 is 15.7 Å². The number of rotatable bonds is 7. The predicted molar refractivity (Wildman–Crippen MR) is 109 cm³/mol. The Hall–Kier alpha value is -2.05. The number of aryl methyl sites for hydroxylation is 1. The molecule has 0 radical (unpaired) electrons. The molecule has 0 aliphatic carbocycles. The third-order valence-corrected chi connectivity index (χ3v) is 6.45. The Kier molecular flexibility index (Phi) is 6.39. The minimum atomic E-state index is -3.60. The zero-order valence-corrected chi connectivity index (χ0v) is 16.9. The molecule has 1 fully saturated rings. The smallest absolute Gasteiger partial charge is 0.244 e. The fraction of sp³-hybridized carbons (Fsp3) is 0.429. The average molecular weight is 389 g/mol. The second-order valence-corrected chi connectivity index (χ2v) is 8.75. The first kappa shape index (κ1) is 19.7. The fourth-order valence-corrected chi connectivity index (χ4v) is 4.71. The van der Waals surface area contributed by atoms with E-state index in [9.17, 15) is 8.42 Å². The molecule has 0 spiro atoms. The summed E-state index contributed by atoms with van der Waals surface area (Å²) in [6, 6.07) is 13.6. The summed E-state index contributed by atoms with van der Waals surface area (Å²) in [6.45, 7) is 4.46. The van der Waals surface area contributed by atoms with Gasteiger partial charge in [-0.25, -0.2) is 13.1 Å². The summed E-state index contributed by atoms with van der Waals surface area (Å²) in [5.41, 5.74) is 3.25. The third-order valence-electron chi connectivity index (χ3n) is 4.97. The van der Waals surface area contributed by atoms with Crippen LogP contribution in [0.4, 0.5) is 5.69 Å². The van der Waals surface area contributed by atoms with Gasteiger partial charge >= 0.3 is 0 Å². The van der Waals surface area contributed by atoms with Gasteiger partial charge in [-0.15, -0.1) is 0 Å². The van der Waals surface area contributed by atoms with Crippen LogP contribution in [0.25, 0.3) is 0 Å². The van der Waals surface area contributed by atoms with Crippen LogP contribution >= 0.6 is 0 Å². The summed E-state index contributed by atoms with van der Waals surface area (Å²) in [5.74, 6) is 0.360. The first-order chi connectivity index (χ1) is 13.0. The van der Waals surface area contributed by atoms with Gasteiger partial charge in [0.25, 0.3) is 0 Å². The summed E-state index contributed by atoms with van der Waals surface area (Å²) in [5, 5.41) is 0. The van der Waals surface area contributed by atoms with Gasteiger partial charge in [-0.2, -0.15) is 0 Å². The molecule has 1 aliphatic rings. The number of hydrogen-bond acceptors (Lipinski definition) is 4. The second-order valence-electron chi connectivity index (χ2n) is 7.02. The quantitative estimate of drug-likeness (QED) is 0.788. The van der Waals surface area contributed by atoms with Crippen LogP contribution in [-0.4, -0.2) is 35.2 Å². The molecule has 0 bridgehead atoms. The lowest BCUT2D eigenvalue weighted by atomic mass is 10.1. The lowest BCUT2D eigenvalue weighted by molar-refractivity contribution is 0.402. The monoisotopic (exact) mass is 388 g/mol. The molecular formula is C21H28N2O3S. The summed E-state index contributed by atoms with van der Waals surface area (Å²) in [6.07, 6.45) is 4.48. The highest BCUT2D eigenvalue weighted by molar-refractivity contribution is 7.89. The molecule has 0 saturated carbocycles. The molecule has 3 rings (SSSR count). The van der Waals surface area contributed by atoms with Gasteiger partial charge < -0.3 is 9.64 Å². The average Bonchev–Trinajstić information content (AvgIpc) is 2.69. The van der Waals surface area contributed by atoms with E-state index in [4.69, 9.17) is 4.74 Å². The number of hydrogen-bond donors (Lipinski definition) is 1. The predicted octanol–water partition coefficient (Wildman–Crippen LogP) is 3.51. The molecule has 1 N–H and O–H groups in total. The highest BCUT2D eigenvalue weighted by Gasteiger charge is 2.19. The Morgan fingerprint density at radius 3 is 2.41 bits per heavy atom. The molecule has 5 nitrogen and oxygen atoms in total. The summed E-state index contributed by atoms with van der Waals surface area (Å²) >= 11 is 0. The Morgan fingerprint density at radius 1 is 1.04 bits per heavy atom. The minimum Gasteiger partial charge on any atom is -0.495 e. The Labute approximate surface area is 162 Å². The summed E-state index contributed by atoms with van der Waals surface area (Å²) < 4.78 is 33.1. The first-order valence-corrected chi connectivity index (χ1v) is 11.0. The maximum atomic E-state index is 12.6. The standard InChI is InChI=1S/C21H28N2O3S/c1-17-6-11-20(26-2)21(16-17)27(24,25)22-13-12-18-7-9-19(10-8-18)23-14-4-3-5-15-23/h6-11,16,22H,3-5,12-15H2,1-2H3. The van der Waals surface area contributed by atoms with E-state index in [1.807, 2.05) is 13.0 Å². The van der Waals surface area contributed by atoms with Crippen molar-refractivity contribution in [2.24, 2.45) is 0 Å². The number of sulfonamides is 1. The van der Waals surface area contributed by atoms with Crippen LogP contribution in [0.15, 0.2) is 47.4 Å². The molecule has 2 aromatic rings. The number of anilines is 1. The topological polar surface area (TPSA) is 58.6 Å². The molecule has 6 heteroatoms. The van der Waals surface area contributed by atoms with Gasteiger partial charge in [0.15, 0.2) is 0 Å². The molecule has 0 unspecified atom stereocenters. The Morgan fingerprint density at radius 2 is 1.74 bits per heavy atom. The zero-order chi connectivity index (χ0) is 19.3. The van der Waals surface area contributed by atoms with Crippen LogP contribution in [0.2, 0.25) is 0 Å². The van der Waals surface area contributed by atoms with E-state index in [0.717, 1.165) is 24.2 Å². The van der Waals surface area contributed by atoms with Crippen LogP contribution in [0.1, 0.15) is 30.4 Å². The van der Waals surface area contributed by atoms with Crippen molar-refractivity contribution in [2.45, 2.75) is 37.5 Å². The molecule has 1 aliphatic heterocycles. The number of ether oxygens (including phenoxy) is 1. The van der Waals surface area contributed by atoms with Gasteiger partial charge in [-0.1, -0.05) is 18.2 Å². The lowest BCUT2D eigenvalue weighted by Crippen LogP contribution is -2.29. The summed E-state index contributed by atoms with van der Waals surface area (Å²) in [4.78, 5) is 2.60. The van der Waals surface area contributed by atoms with Gasteiger partial charge in [0, 0.05) is 25.3 Å². The van der Waals surface area contributed by atoms with Crippen molar-refractivity contribution in [2.75, 3.05) is 31.6 Å². The maximum absolute atomic E-state index is 12.6. The van der Waals surface area contributed by atoms with Crippen molar-refractivity contribution in [3.8, 4) is 5.75 Å². The number of methoxy groups -OCH3 is 1. The molecule has 0 atom stereocenters. The molecule has 1 heterocycles. The largest absolute Gasteiger partial charge is 0.495 e. The molecule has 27 heavy (non-hydrogen) atoms.